The van der Waals surface area contributed by atoms with Gasteiger partial charge in [-0.1, -0.05) is 11.6 Å². The van der Waals surface area contributed by atoms with Crippen LogP contribution in [0.3, 0.4) is 0 Å². The lowest BCUT2D eigenvalue weighted by Gasteiger charge is -2.07. The Morgan fingerprint density at radius 3 is 2.33 bits per heavy atom. The third-order valence-corrected chi connectivity index (χ3v) is 4.85. The van der Waals surface area contributed by atoms with Crippen LogP contribution in [0.15, 0.2) is 23.1 Å². The summed E-state index contributed by atoms with van der Waals surface area (Å²) in [7, 11) is -2.42. The van der Waals surface area contributed by atoms with Crippen molar-refractivity contribution in [1.82, 2.24) is 14.5 Å². The third-order valence-electron chi connectivity index (χ3n) is 2.76. The van der Waals surface area contributed by atoms with E-state index in [1.807, 2.05) is 0 Å². The predicted molar refractivity (Wildman–Crippen MR) is 73.3 cm³/mol. The standard InChI is InChI=1S/C12H12ClF2N3O2S/c1-7-11(12(13)18(2)17-7)21(19,20)16-6-8-3-9(14)5-10(15)4-8/h3-5,16H,6H2,1-2H3. The Morgan fingerprint density at radius 1 is 1.29 bits per heavy atom. The lowest BCUT2D eigenvalue weighted by atomic mass is 10.2. The van der Waals surface area contributed by atoms with Crippen LogP contribution >= 0.6 is 11.6 Å². The molecule has 0 bridgehead atoms. The first-order valence-corrected chi connectivity index (χ1v) is 7.70. The largest absolute Gasteiger partial charge is 0.255 e. The van der Waals surface area contributed by atoms with Crippen LogP contribution < -0.4 is 4.72 Å². The molecule has 0 aliphatic carbocycles. The number of hydrogen-bond acceptors (Lipinski definition) is 3. The normalized spacial score (nSPS) is 11.9. The highest BCUT2D eigenvalue weighted by Crippen LogP contribution is 2.24. The fourth-order valence-electron chi connectivity index (χ4n) is 1.88. The lowest BCUT2D eigenvalue weighted by molar-refractivity contribution is 0.570. The first-order valence-electron chi connectivity index (χ1n) is 5.84. The Morgan fingerprint density at radius 2 is 1.86 bits per heavy atom. The van der Waals surface area contributed by atoms with Crippen LogP contribution in [-0.2, 0) is 23.6 Å². The zero-order chi connectivity index (χ0) is 15.8. The molecule has 0 aliphatic heterocycles. The number of aromatic nitrogens is 2. The minimum atomic E-state index is -3.93. The molecule has 1 heterocycles. The minimum Gasteiger partial charge on any atom is -0.255 e. The van der Waals surface area contributed by atoms with E-state index in [1.165, 1.54) is 18.7 Å². The zero-order valence-electron chi connectivity index (χ0n) is 11.2. The van der Waals surface area contributed by atoms with Crippen LogP contribution in [0.2, 0.25) is 5.15 Å². The van der Waals surface area contributed by atoms with E-state index in [1.54, 1.807) is 0 Å². The van der Waals surface area contributed by atoms with Crippen molar-refractivity contribution in [3.63, 3.8) is 0 Å². The van der Waals surface area contributed by atoms with Gasteiger partial charge in [-0.25, -0.2) is 21.9 Å². The van der Waals surface area contributed by atoms with E-state index in [-0.39, 0.29) is 27.9 Å². The number of nitrogens with zero attached hydrogens (tertiary/aromatic N) is 2. The maximum Gasteiger partial charge on any atom is 0.245 e. The lowest BCUT2D eigenvalue weighted by Crippen LogP contribution is -2.24. The van der Waals surface area contributed by atoms with Crippen LogP contribution in [0.4, 0.5) is 8.78 Å². The van der Waals surface area contributed by atoms with E-state index in [2.05, 4.69) is 9.82 Å². The van der Waals surface area contributed by atoms with Crippen molar-refractivity contribution in [3.8, 4) is 0 Å². The van der Waals surface area contributed by atoms with Gasteiger partial charge in [0.1, 0.15) is 21.7 Å². The van der Waals surface area contributed by atoms with E-state index in [4.69, 9.17) is 11.6 Å². The molecule has 0 saturated heterocycles. The van der Waals surface area contributed by atoms with E-state index in [9.17, 15) is 17.2 Å². The molecule has 0 radical (unpaired) electrons. The summed E-state index contributed by atoms with van der Waals surface area (Å²) in [4.78, 5) is -0.149. The molecule has 0 unspecified atom stereocenters. The number of nitrogens with one attached hydrogen (secondary N) is 1. The molecule has 0 fully saturated rings. The summed E-state index contributed by atoms with van der Waals surface area (Å²) < 4.78 is 54.0. The predicted octanol–water partition coefficient (Wildman–Crippen LogP) is 2.14. The van der Waals surface area contributed by atoms with Gasteiger partial charge in [0.05, 0.1) is 5.69 Å². The summed E-state index contributed by atoms with van der Waals surface area (Å²) in [5.41, 5.74) is 0.397. The Labute approximate surface area is 125 Å². The van der Waals surface area contributed by atoms with Gasteiger partial charge in [0, 0.05) is 19.7 Å². The SMILES string of the molecule is Cc1nn(C)c(Cl)c1S(=O)(=O)NCc1cc(F)cc(F)c1. The highest BCUT2D eigenvalue weighted by Gasteiger charge is 2.24. The van der Waals surface area contributed by atoms with Gasteiger partial charge < -0.3 is 0 Å². The average Bonchev–Trinajstić information content (AvgIpc) is 2.60. The molecule has 0 spiro atoms. The average molecular weight is 336 g/mol. The van der Waals surface area contributed by atoms with Crippen LogP contribution in [0, 0.1) is 18.6 Å². The number of benzene rings is 1. The van der Waals surface area contributed by atoms with Crippen LogP contribution in [0.5, 0.6) is 0 Å². The summed E-state index contributed by atoms with van der Waals surface area (Å²) in [6.07, 6.45) is 0. The zero-order valence-corrected chi connectivity index (χ0v) is 12.8. The third kappa shape index (κ3) is 3.39. The number of aryl methyl sites for hydroxylation is 2. The molecule has 1 N–H and O–H groups in total. The Bertz CT molecular complexity index is 770. The second kappa shape index (κ2) is 5.70. The van der Waals surface area contributed by atoms with Crippen molar-refractivity contribution in [2.45, 2.75) is 18.4 Å². The summed E-state index contributed by atoms with van der Waals surface area (Å²) in [6.45, 7) is 1.24. The summed E-state index contributed by atoms with van der Waals surface area (Å²) >= 11 is 5.89. The molecule has 0 saturated carbocycles. The fraction of sp³-hybridized carbons (Fsp3) is 0.250. The van der Waals surface area contributed by atoms with Gasteiger partial charge in [0.25, 0.3) is 0 Å². The molecule has 0 amide bonds. The van der Waals surface area contributed by atoms with Gasteiger partial charge in [-0.15, -0.1) is 0 Å². The van der Waals surface area contributed by atoms with E-state index < -0.39 is 21.7 Å². The second-order valence-electron chi connectivity index (χ2n) is 4.43. The second-order valence-corrected chi connectivity index (χ2v) is 6.49. The molecule has 21 heavy (non-hydrogen) atoms. The smallest absolute Gasteiger partial charge is 0.245 e. The summed E-state index contributed by atoms with van der Waals surface area (Å²) in [6, 6.07) is 2.80. The molecule has 2 rings (SSSR count). The molecule has 0 aliphatic rings. The highest BCUT2D eigenvalue weighted by atomic mass is 35.5. The van der Waals surface area contributed by atoms with E-state index >= 15 is 0 Å². The van der Waals surface area contributed by atoms with Gasteiger partial charge in [-0.3, -0.25) is 4.68 Å². The summed E-state index contributed by atoms with van der Waals surface area (Å²) in [5, 5.41) is 3.87. The Balaban J connectivity index is 2.26. The molecular formula is C12H12ClF2N3O2S. The Hall–Kier alpha value is -1.51. The van der Waals surface area contributed by atoms with Crippen molar-refractivity contribution in [3.05, 3.63) is 46.2 Å². The van der Waals surface area contributed by atoms with Crippen LogP contribution in [-0.4, -0.2) is 18.2 Å². The van der Waals surface area contributed by atoms with Crippen molar-refractivity contribution in [2.24, 2.45) is 7.05 Å². The molecule has 0 atom stereocenters. The number of hydrogen-bond donors (Lipinski definition) is 1. The number of sulfonamides is 1. The van der Waals surface area contributed by atoms with Crippen molar-refractivity contribution < 1.29 is 17.2 Å². The fourth-order valence-corrected chi connectivity index (χ4v) is 3.64. The highest BCUT2D eigenvalue weighted by molar-refractivity contribution is 7.89. The van der Waals surface area contributed by atoms with Crippen molar-refractivity contribution >= 4 is 21.6 Å². The molecular weight excluding hydrogens is 324 g/mol. The van der Waals surface area contributed by atoms with Gasteiger partial charge in [-0.2, -0.15) is 5.10 Å². The van der Waals surface area contributed by atoms with Gasteiger partial charge in [0.15, 0.2) is 0 Å². The first kappa shape index (κ1) is 15.9. The minimum absolute atomic E-state index is 0.0366. The topological polar surface area (TPSA) is 64.0 Å². The molecule has 9 heteroatoms. The van der Waals surface area contributed by atoms with Gasteiger partial charge >= 0.3 is 0 Å². The number of halogens is 3. The van der Waals surface area contributed by atoms with Crippen LogP contribution in [0.25, 0.3) is 0 Å². The van der Waals surface area contributed by atoms with Crippen molar-refractivity contribution in [2.75, 3.05) is 0 Å². The Kier molecular flexibility index (Phi) is 4.31. The summed E-state index contributed by atoms with van der Waals surface area (Å²) in [5.74, 6) is -1.56. The van der Waals surface area contributed by atoms with E-state index in [0.717, 1.165) is 12.1 Å². The monoisotopic (exact) mass is 335 g/mol. The maximum absolute atomic E-state index is 13.1. The number of rotatable bonds is 4. The first-order chi connectivity index (χ1) is 9.70. The van der Waals surface area contributed by atoms with Gasteiger partial charge in [0.2, 0.25) is 10.0 Å². The quantitative estimate of drug-likeness (QED) is 0.931. The maximum atomic E-state index is 13.1. The van der Waals surface area contributed by atoms with Gasteiger partial charge in [-0.05, 0) is 24.6 Å². The van der Waals surface area contributed by atoms with Crippen molar-refractivity contribution in [1.29, 1.82) is 0 Å². The molecule has 1 aromatic heterocycles. The molecule has 5 nitrogen and oxygen atoms in total. The van der Waals surface area contributed by atoms with E-state index in [0.29, 0.717) is 6.07 Å². The molecule has 1 aromatic carbocycles. The molecule has 2 aromatic rings. The van der Waals surface area contributed by atoms with Crippen LogP contribution in [0.1, 0.15) is 11.3 Å². The molecule has 114 valence electrons.